The molecule has 13 heteroatoms. The van der Waals surface area contributed by atoms with Gasteiger partial charge in [0.25, 0.3) is 0 Å². The van der Waals surface area contributed by atoms with Gasteiger partial charge in [0.05, 0.1) is 59.5 Å². The fraction of sp³-hybridized carbons (Fsp3) is 0.400. The average Bonchev–Trinajstić information content (AvgIpc) is 3.63. The molecule has 7 N–H and O–H groups in total. The Morgan fingerprint density at radius 1 is 1.26 bits per heavy atom. The highest BCUT2D eigenvalue weighted by Crippen LogP contribution is 2.39. The number of allylic oxidation sites excluding steroid dienone is 1. The fourth-order valence-corrected chi connectivity index (χ4v) is 5.94. The minimum Gasteiger partial charge on any atom is -0.453 e. The first kappa shape index (κ1) is 30.1. The Bertz CT molecular complexity index is 1490. The number of benzene rings is 1. The van der Waals surface area contributed by atoms with Gasteiger partial charge in [0.2, 0.25) is 5.95 Å². The number of hydrogen-bond acceptors (Lipinski definition) is 9. The van der Waals surface area contributed by atoms with Crippen molar-refractivity contribution >= 4 is 35.2 Å². The Kier molecular flexibility index (Phi) is 8.74. The average molecular weight is 595 g/mol. The molecule has 1 saturated carbocycles. The van der Waals surface area contributed by atoms with Crippen molar-refractivity contribution in [1.29, 1.82) is 5.41 Å². The van der Waals surface area contributed by atoms with Crippen LogP contribution in [0.25, 0.3) is 6.08 Å². The topological polar surface area (TPSA) is 165 Å². The van der Waals surface area contributed by atoms with Crippen LogP contribution < -0.4 is 21.3 Å². The number of aromatic nitrogens is 3. The summed E-state index contributed by atoms with van der Waals surface area (Å²) in [5.74, 6) is -1.34. The second-order valence-electron chi connectivity index (χ2n) is 11.2. The van der Waals surface area contributed by atoms with Gasteiger partial charge in [0.1, 0.15) is 11.6 Å². The maximum Gasteiger partial charge on any atom is 0.407 e. The normalized spacial score (nSPS) is 21.6. The number of anilines is 3. The second-order valence-corrected chi connectivity index (χ2v) is 11.2. The number of pyridine rings is 1. The number of nitrogens with zero attached hydrogens (tertiary/aromatic N) is 3. The number of imidazole rings is 1. The van der Waals surface area contributed by atoms with Crippen molar-refractivity contribution in [2.45, 2.75) is 50.3 Å². The lowest BCUT2D eigenvalue weighted by Crippen LogP contribution is -2.62. The van der Waals surface area contributed by atoms with Crippen LogP contribution in [-0.2, 0) is 10.3 Å². The summed E-state index contributed by atoms with van der Waals surface area (Å²) in [7, 11) is 1.32. The maximum absolute atomic E-state index is 14.9. The molecule has 2 aliphatic rings. The van der Waals surface area contributed by atoms with E-state index in [1.807, 2.05) is 13.0 Å². The first-order valence-corrected chi connectivity index (χ1v) is 14.2. The molecule has 228 valence electrons. The number of amides is 1. The summed E-state index contributed by atoms with van der Waals surface area (Å²) in [6, 6.07) is 3.54. The molecule has 3 aromatic rings. The van der Waals surface area contributed by atoms with Gasteiger partial charge in [-0.15, -0.1) is 0 Å². The smallest absolute Gasteiger partial charge is 0.407 e. The van der Waals surface area contributed by atoms with Gasteiger partial charge in [-0.1, -0.05) is 19.8 Å². The molecule has 3 heterocycles. The predicted molar refractivity (Wildman–Crippen MR) is 159 cm³/mol. The van der Waals surface area contributed by atoms with Gasteiger partial charge >= 0.3 is 6.09 Å². The van der Waals surface area contributed by atoms with Crippen LogP contribution in [0.1, 0.15) is 49.4 Å². The summed E-state index contributed by atoms with van der Waals surface area (Å²) < 4.78 is 34.5. The largest absolute Gasteiger partial charge is 0.453 e. The monoisotopic (exact) mass is 594 g/mol. The van der Waals surface area contributed by atoms with E-state index in [9.17, 15) is 18.7 Å². The molecule has 2 fully saturated rings. The van der Waals surface area contributed by atoms with E-state index in [1.165, 1.54) is 25.5 Å². The van der Waals surface area contributed by atoms with Gasteiger partial charge in [-0.2, -0.15) is 0 Å². The Hall–Kier alpha value is -4.36. The molecule has 0 spiro atoms. The summed E-state index contributed by atoms with van der Waals surface area (Å²) in [4.78, 5) is 25.5. The number of hydrogen-bond donors (Lipinski definition) is 6. The number of aliphatic hydroxyl groups is 1. The van der Waals surface area contributed by atoms with E-state index in [0.29, 0.717) is 43.3 Å². The number of H-pyrrole nitrogens is 1. The van der Waals surface area contributed by atoms with Crippen LogP contribution >= 0.6 is 0 Å². The molecule has 1 aromatic carbocycles. The van der Waals surface area contributed by atoms with Crippen molar-refractivity contribution in [3.8, 4) is 0 Å². The number of halogens is 2. The van der Waals surface area contributed by atoms with E-state index < -0.39 is 28.9 Å². The van der Waals surface area contributed by atoms with Crippen LogP contribution in [0, 0.1) is 23.0 Å². The van der Waals surface area contributed by atoms with Gasteiger partial charge in [0, 0.05) is 25.3 Å². The summed E-state index contributed by atoms with van der Waals surface area (Å²) >= 11 is 0. The lowest BCUT2D eigenvalue weighted by Gasteiger charge is -2.42. The third kappa shape index (κ3) is 6.52. The van der Waals surface area contributed by atoms with Crippen molar-refractivity contribution in [3.63, 3.8) is 0 Å². The van der Waals surface area contributed by atoms with Gasteiger partial charge < -0.3 is 41.5 Å². The minimum absolute atomic E-state index is 0.0397. The lowest BCUT2D eigenvalue weighted by molar-refractivity contribution is 0.0438. The number of alkyl carbamates (subject to hydrolysis) is 1. The van der Waals surface area contributed by atoms with Crippen molar-refractivity contribution in [1.82, 2.24) is 20.3 Å². The number of rotatable bonds is 8. The Labute approximate surface area is 248 Å². The van der Waals surface area contributed by atoms with Crippen LogP contribution in [-0.4, -0.2) is 64.1 Å². The lowest BCUT2D eigenvalue weighted by atomic mass is 9.90. The Morgan fingerprint density at radius 2 is 1.98 bits per heavy atom. The first-order valence-electron chi connectivity index (χ1n) is 14.2. The van der Waals surface area contributed by atoms with Crippen molar-refractivity contribution in [2.75, 3.05) is 30.4 Å². The maximum atomic E-state index is 14.9. The number of aromatic amines is 1. The minimum atomic E-state index is -1.23. The molecule has 43 heavy (non-hydrogen) atoms. The van der Waals surface area contributed by atoms with E-state index in [2.05, 4.69) is 30.5 Å². The van der Waals surface area contributed by atoms with Crippen LogP contribution in [0.4, 0.5) is 30.9 Å². The molecule has 1 aliphatic carbocycles. The standard InChI is InChI=1S/C30H36F2N8O3/c1-17-15-40(16-23(34)27(17)39-29(41)43-2)25-7-10-35-14-24(25)38-28-36-13-19(37-28)5-6-22(33)26-20(31)11-18(12-21(26)32)30(42)8-3-4-9-30/h5-7,10-14,17,23,27,33,42H,3-4,8-9,15-16,34H2,1-2H3,(H,39,41)(H2,36,37,38)/b6-5-,33-22?. The summed E-state index contributed by atoms with van der Waals surface area (Å²) in [5, 5.41) is 25.0. The molecule has 11 nitrogen and oxygen atoms in total. The van der Waals surface area contributed by atoms with E-state index in [4.69, 9.17) is 15.9 Å². The highest BCUT2D eigenvalue weighted by molar-refractivity contribution is 6.09. The van der Waals surface area contributed by atoms with E-state index in [0.717, 1.165) is 30.7 Å². The molecular formula is C30H36F2N8O3. The summed E-state index contributed by atoms with van der Waals surface area (Å²) in [6.45, 7) is 3.12. The first-order chi connectivity index (χ1) is 20.6. The number of methoxy groups -OCH3 is 1. The molecule has 3 unspecified atom stereocenters. The molecule has 0 radical (unpaired) electrons. The van der Waals surface area contributed by atoms with E-state index >= 15 is 0 Å². The van der Waals surface area contributed by atoms with E-state index in [-0.39, 0.29) is 29.3 Å². The number of nitrogens with two attached hydrogens (primary N) is 1. The molecule has 1 aliphatic heterocycles. The summed E-state index contributed by atoms with van der Waals surface area (Å²) in [5.41, 5.74) is 6.60. The van der Waals surface area contributed by atoms with Crippen molar-refractivity contribution < 1.29 is 23.4 Å². The Balaban J connectivity index is 1.26. The zero-order valence-electron chi connectivity index (χ0n) is 24.0. The number of carbonyl (C=O) groups is 1. The van der Waals surface area contributed by atoms with Crippen LogP contribution in [0.15, 0.2) is 42.9 Å². The van der Waals surface area contributed by atoms with Gasteiger partial charge in [-0.3, -0.25) is 4.98 Å². The zero-order valence-corrected chi connectivity index (χ0v) is 24.0. The number of nitrogens with one attached hydrogen (secondary N) is 4. The number of carbonyl (C=O) groups excluding carboxylic acids is 1. The SMILES string of the molecule is COC(=O)NC1C(C)CN(c2ccncc2Nc2ncc(/C=C\C(=N)c3c(F)cc(C4(O)CCCC4)cc3F)[nH]2)CC1N. The third-order valence-electron chi connectivity index (χ3n) is 8.18. The van der Waals surface area contributed by atoms with E-state index in [1.54, 1.807) is 12.4 Å². The highest BCUT2D eigenvalue weighted by Gasteiger charge is 2.35. The molecule has 3 atom stereocenters. The highest BCUT2D eigenvalue weighted by atomic mass is 19.1. The molecular weight excluding hydrogens is 558 g/mol. The van der Waals surface area contributed by atoms with Crippen LogP contribution in [0.5, 0.6) is 0 Å². The van der Waals surface area contributed by atoms with Gasteiger partial charge in [-0.05, 0) is 54.7 Å². The van der Waals surface area contributed by atoms with Crippen LogP contribution in [0.3, 0.4) is 0 Å². The van der Waals surface area contributed by atoms with Crippen molar-refractivity contribution in [2.24, 2.45) is 11.7 Å². The van der Waals surface area contributed by atoms with Gasteiger partial charge in [0.15, 0.2) is 0 Å². The van der Waals surface area contributed by atoms with Crippen molar-refractivity contribution in [3.05, 3.63) is 71.3 Å². The molecule has 0 bridgehead atoms. The summed E-state index contributed by atoms with van der Waals surface area (Å²) in [6.07, 6.45) is 9.64. The molecule has 5 rings (SSSR count). The number of ether oxygens (including phenoxy) is 1. The fourth-order valence-electron chi connectivity index (χ4n) is 5.94. The quantitative estimate of drug-likeness (QED) is 0.211. The van der Waals surface area contributed by atoms with Crippen LogP contribution in [0.2, 0.25) is 0 Å². The predicted octanol–water partition coefficient (Wildman–Crippen LogP) is 4.18. The Morgan fingerprint density at radius 3 is 2.65 bits per heavy atom. The third-order valence-corrected chi connectivity index (χ3v) is 8.18. The molecule has 1 amide bonds. The number of piperidine rings is 1. The molecule has 1 saturated heterocycles. The van der Waals surface area contributed by atoms with Gasteiger partial charge in [-0.25, -0.2) is 18.6 Å². The second kappa shape index (κ2) is 12.5. The zero-order chi connectivity index (χ0) is 30.7. The molecule has 2 aromatic heterocycles.